The molecule has 0 heterocycles. The van der Waals surface area contributed by atoms with E-state index in [2.05, 4.69) is 20.1 Å². The van der Waals surface area contributed by atoms with Crippen LogP contribution in [0.5, 0.6) is 17.2 Å². The third-order valence-electron chi connectivity index (χ3n) is 6.68. The summed E-state index contributed by atoms with van der Waals surface area (Å²) in [4.78, 5) is 27.0. The summed E-state index contributed by atoms with van der Waals surface area (Å²) in [6, 6.07) is 15.5. The van der Waals surface area contributed by atoms with Crippen LogP contribution in [0.25, 0.3) is 0 Å². The van der Waals surface area contributed by atoms with Crippen molar-refractivity contribution < 1.29 is 55.2 Å². The number of nitrogens with zero attached hydrogens (tertiary/aromatic N) is 1. The number of carbonyl (C=O) groups excluding carboxylic acids is 2. The summed E-state index contributed by atoms with van der Waals surface area (Å²) in [7, 11) is 0. The second-order valence-electron chi connectivity index (χ2n) is 9.99. The minimum Gasteiger partial charge on any atom is -0.490 e. The molecule has 4 rings (SSSR count). The summed E-state index contributed by atoms with van der Waals surface area (Å²) in [5.41, 5.74) is 0.0382. The van der Waals surface area contributed by atoms with Crippen LogP contribution in [-0.4, -0.2) is 55.1 Å². The van der Waals surface area contributed by atoms with Gasteiger partial charge in [-0.1, -0.05) is 24.3 Å². The molecular weight excluding hydrogens is 612 g/mol. The molecular formula is C30H29F6N3O6. The highest BCUT2D eigenvalue weighted by Crippen LogP contribution is 2.33. The number of hydrogen-bond donors (Lipinski definition) is 3. The summed E-state index contributed by atoms with van der Waals surface area (Å²) in [6.07, 6.45) is -8.50. The molecule has 1 aliphatic carbocycles. The van der Waals surface area contributed by atoms with Gasteiger partial charge < -0.3 is 34.9 Å². The van der Waals surface area contributed by atoms with Crippen molar-refractivity contribution in [3.63, 3.8) is 0 Å². The molecule has 0 bridgehead atoms. The molecule has 0 aromatic heterocycles. The smallest absolute Gasteiger partial charge is 0.490 e. The Bertz CT molecular complexity index is 1450. The van der Waals surface area contributed by atoms with Gasteiger partial charge in [-0.3, -0.25) is 4.79 Å². The summed E-state index contributed by atoms with van der Waals surface area (Å²) in [6.45, 7) is -0.628. The molecule has 15 heteroatoms. The summed E-state index contributed by atoms with van der Waals surface area (Å²) in [5.74, 6) is -1.93. The fourth-order valence-corrected chi connectivity index (χ4v) is 4.81. The minimum atomic E-state index is -5.07. The highest BCUT2D eigenvalue weighted by molar-refractivity contribution is 6.08. The fraction of sp³-hybridized carbons (Fsp3) is 0.333. The molecule has 9 nitrogen and oxygen atoms in total. The SMILES string of the molecule is O=C(Nc1cccc(OC(F)(F)F)c1)NC1CCC(Oc2ccc(OC(F)(F)F)c(C(=O)N(CCO)c3ccccc3)c2)CC1. The van der Waals surface area contributed by atoms with Crippen molar-refractivity contribution in [2.45, 2.75) is 50.6 Å². The van der Waals surface area contributed by atoms with E-state index in [-0.39, 0.29) is 30.1 Å². The Kier molecular flexibility index (Phi) is 10.6. The molecule has 3 aromatic carbocycles. The normalized spacial score (nSPS) is 16.8. The van der Waals surface area contributed by atoms with Crippen molar-refractivity contribution in [3.8, 4) is 17.2 Å². The monoisotopic (exact) mass is 641 g/mol. The molecule has 1 fully saturated rings. The van der Waals surface area contributed by atoms with Crippen LogP contribution in [0.3, 0.4) is 0 Å². The maximum absolute atomic E-state index is 13.5. The average molecular weight is 642 g/mol. The van der Waals surface area contributed by atoms with Gasteiger partial charge in [0.05, 0.1) is 18.3 Å². The second-order valence-corrected chi connectivity index (χ2v) is 9.99. The number of urea groups is 1. The van der Waals surface area contributed by atoms with Crippen molar-refractivity contribution in [2.24, 2.45) is 0 Å². The van der Waals surface area contributed by atoms with E-state index in [1.165, 1.54) is 18.2 Å². The lowest BCUT2D eigenvalue weighted by Crippen LogP contribution is -2.41. The Balaban J connectivity index is 1.38. The Morgan fingerprint density at radius 1 is 0.822 bits per heavy atom. The van der Waals surface area contributed by atoms with Gasteiger partial charge >= 0.3 is 18.8 Å². The van der Waals surface area contributed by atoms with Gasteiger partial charge in [0.25, 0.3) is 5.91 Å². The van der Waals surface area contributed by atoms with E-state index in [0.717, 1.165) is 29.2 Å². The van der Waals surface area contributed by atoms with Crippen LogP contribution >= 0.6 is 0 Å². The lowest BCUT2D eigenvalue weighted by molar-refractivity contribution is -0.275. The van der Waals surface area contributed by atoms with E-state index < -0.39 is 48.3 Å². The lowest BCUT2D eigenvalue weighted by atomic mass is 9.93. The fourth-order valence-electron chi connectivity index (χ4n) is 4.81. The molecule has 3 amide bonds. The minimum absolute atomic E-state index is 0.0967. The van der Waals surface area contributed by atoms with Crippen molar-refractivity contribution in [1.82, 2.24) is 5.32 Å². The van der Waals surface area contributed by atoms with Crippen molar-refractivity contribution in [1.29, 1.82) is 0 Å². The first kappa shape index (κ1) is 33.2. The lowest BCUT2D eigenvalue weighted by Gasteiger charge is -2.30. The van der Waals surface area contributed by atoms with Crippen LogP contribution in [0.4, 0.5) is 42.5 Å². The van der Waals surface area contributed by atoms with Crippen LogP contribution in [0.2, 0.25) is 0 Å². The summed E-state index contributed by atoms with van der Waals surface area (Å²) >= 11 is 0. The molecule has 0 saturated heterocycles. The Morgan fingerprint density at radius 2 is 1.51 bits per heavy atom. The van der Waals surface area contributed by atoms with Crippen LogP contribution in [0.15, 0.2) is 72.8 Å². The predicted molar refractivity (Wildman–Crippen MR) is 150 cm³/mol. The predicted octanol–water partition coefficient (Wildman–Crippen LogP) is 6.63. The molecule has 0 unspecified atom stereocenters. The van der Waals surface area contributed by atoms with Gasteiger partial charge in [-0.2, -0.15) is 0 Å². The zero-order chi connectivity index (χ0) is 32.6. The van der Waals surface area contributed by atoms with Gasteiger partial charge in [-0.15, -0.1) is 26.3 Å². The third kappa shape index (κ3) is 10.2. The highest BCUT2D eigenvalue weighted by Gasteiger charge is 2.35. The Morgan fingerprint density at radius 3 is 2.16 bits per heavy atom. The molecule has 45 heavy (non-hydrogen) atoms. The number of alkyl halides is 6. The maximum Gasteiger partial charge on any atom is 0.573 e. The highest BCUT2D eigenvalue weighted by atomic mass is 19.4. The first-order valence-corrected chi connectivity index (χ1v) is 13.8. The Labute approximate surface area is 253 Å². The van der Waals surface area contributed by atoms with Gasteiger partial charge in [0, 0.05) is 30.0 Å². The molecule has 0 atom stereocenters. The van der Waals surface area contributed by atoms with Crippen LogP contribution < -0.4 is 29.7 Å². The largest absolute Gasteiger partial charge is 0.573 e. The number of ether oxygens (including phenoxy) is 3. The Hall–Kier alpha value is -4.66. The van der Waals surface area contributed by atoms with Crippen LogP contribution in [0.1, 0.15) is 36.0 Å². The average Bonchev–Trinajstić information content (AvgIpc) is 2.96. The molecule has 0 spiro atoms. The number of amides is 3. The van der Waals surface area contributed by atoms with E-state index in [9.17, 15) is 41.0 Å². The van der Waals surface area contributed by atoms with Gasteiger partial charge in [-0.05, 0) is 68.1 Å². The number of nitrogens with one attached hydrogen (secondary N) is 2. The second kappa shape index (κ2) is 14.4. The number of benzene rings is 3. The van der Waals surface area contributed by atoms with E-state index in [1.807, 2.05) is 0 Å². The molecule has 3 aromatic rings. The summed E-state index contributed by atoms with van der Waals surface area (Å²) in [5, 5.41) is 14.7. The number of anilines is 2. The molecule has 1 saturated carbocycles. The maximum atomic E-state index is 13.5. The number of para-hydroxylation sites is 1. The number of halogens is 6. The van der Waals surface area contributed by atoms with Crippen molar-refractivity contribution >= 4 is 23.3 Å². The number of rotatable bonds is 10. The molecule has 0 aliphatic heterocycles. The van der Waals surface area contributed by atoms with E-state index in [1.54, 1.807) is 30.3 Å². The topological polar surface area (TPSA) is 109 Å². The van der Waals surface area contributed by atoms with Gasteiger partial charge in [-0.25, -0.2) is 4.79 Å². The third-order valence-corrected chi connectivity index (χ3v) is 6.68. The van der Waals surface area contributed by atoms with E-state index in [4.69, 9.17) is 4.74 Å². The first-order valence-electron chi connectivity index (χ1n) is 13.8. The van der Waals surface area contributed by atoms with E-state index >= 15 is 0 Å². The quantitative estimate of drug-likeness (QED) is 0.215. The molecule has 0 radical (unpaired) electrons. The van der Waals surface area contributed by atoms with Crippen LogP contribution in [0, 0.1) is 0 Å². The standard InChI is InChI=1S/C30H29F6N3O6/c31-29(32,33)44-24-8-4-5-20(17-24)38-28(42)37-19-9-11-22(12-10-19)43-23-13-14-26(45-30(34,35)36)25(18-23)27(41)39(15-16-40)21-6-2-1-3-7-21/h1-8,13-14,17-19,22,40H,9-12,15-16H2,(H2,37,38,42). The van der Waals surface area contributed by atoms with Gasteiger partial charge in [0.2, 0.25) is 0 Å². The zero-order valence-corrected chi connectivity index (χ0v) is 23.5. The molecule has 3 N–H and O–H groups in total. The van der Waals surface area contributed by atoms with Crippen molar-refractivity contribution in [2.75, 3.05) is 23.4 Å². The number of aliphatic hydroxyl groups excluding tert-OH is 1. The van der Waals surface area contributed by atoms with Gasteiger partial charge in [0.1, 0.15) is 17.2 Å². The van der Waals surface area contributed by atoms with Gasteiger partial charge in [0.15, 0.2) is 0 Å². The number of carbonyl (C=O) groups is 2. The summed E-state index contributed by atoms with van der Waals surface area (Å²) < 4.78 is 90.8. The molecule has 242 valence electrons. The molecule has 1 aliphatic rings. The van der Waals surface area contributed by atoms with E-state index in [0.29, 0.717) is 31.4 Å². The van der Waals surface area contributed by atoms with Crippen LogP contribution in [-0.2, 0) is 0 Å². The first-order chi connectivity index (χ1) is 21.3. The van der Waals surface area contributed by atoms with Crippen molar-refractivity contribution in [3.05, 3.63) is 78.4 Å². The number of aliphatic hydroxyl groups is 1. The number of hydrogen-bond acceptors (Lipinski definition) is 6. The zero-order valence-electron chi connectivity index (χ0n) is 23.5.